The minimum absolute atomic E-state index is 1.06. The van der Waals surface area contributed by atoms with Crippen molar-refractivity contribution < 1.29 is 5.21 Å². The van der Waals surface area contributed by atoms with Gasteiger partial charge in [0.05, 0.1) is 0 Å². The Hall–Kier alpha value is -0.760. The molecule has 0 amide bonds. The van der Waals surface area contributed by atoms with E-state index in [9.17, 15) is 0 Å². The summed E-state index contributed by atoms with van der Waals surface area (Å²) in [6.45, 7) is 4.12. The zero-order chi connectivity index (χ0) is 7.82. The highest BCUT2D eigenvalue weighted by molar-refractivity contribution is 5.16. The summed E-state index contributed by atoms with van der Waals surface area (Å²) >= 11 is 0. The maximum Gasteiger partial charge on any atom is 0.0243 e. The van der Waals surface area contributed by atoms with Gasteiger partial charge in [-0.15, -0.1) is 0 Å². The van der Waals surface area contributed by atoms with E-state index in [1.807, 2.05) is 24.6 Å². The second-order valence-electron chi connectivity index (χ2n) is 2.08. The van der Waals surface area contributed by atoms with Crippen LogP contribution < -0.4 is 5.48 Å². The van der Waals surface area contributed by atoms with Gasteiger partial charge in [-0.25, -0.2) is 0 Å². The molecule has 0 aromatic heterocycles. The lowest BCUT2D eigenvalue weighted by molar-refractivity contribution is 0.214. The van der Waals surface area contributed by atoms with Gasteiger partial charge in [-0.1, -0.05) is 25.0 Å². The summed E-state index contributed by atoms with van der Waals surface area (Å²) in [4.78, 5) is 0. The Kier molecular flexibility index (Phi) is 5.88. The maximum absolute atomic E-state index is 8.21. The molecule has 2 nitrogen and oxygen atoms in total. The molecule has 10 heavy (non-hydrogen) atoms. The molecule has 0 aromatic rings. The van der Waals surface area contributed by atoms with E-state index in [2.05, 4.69) is 6.92 Å². The number of allylic oxidation sites excluding steroid dienone is 3. The fourth-order valence-electron chi connectivity index (χ4n) is 0.757. The van der Waals surface area contributed by atoms with E-state index in [0.29, 0.717) is 0 Å². The molecular weight excluding hydrogens is 126 g/mol. The zero-order valence-corrected chi connectivity index (χ0v) is 6.59. The highest BCUT2D eigenvalue weighted by Gasteiger charge is 1.85. The van der Waals surface area contributed by atoms with Gasteiger partial charge in [-0.3, -0.25) is 10.7 Å². The molecule has 0 aliphatic rings. The molecule has 2 heteroatoms. The molecule has 0 saturated heterocycles. The van der Waals surface area contributed by atoms with Crippen LogP contribution in [0.25, 0.3) is 0 Å². The van der Waals surface area contributed by atoms with Gasteiger partial charge in [-0.2, -0.15) is 0 Å². The van der Waals surface area contributed by atoms with Crippen molar-refractivity contribution in [3.8, 4) is 0 Å². The molecule has 2 N–H and O–H groups in total. The lowest BCUT2D eigenvalue weighted by Crippen LogP contribution is -1.93. The molecule has 0 atom stereocenters. The minimum Gasteiger partial charge on any atom is -0.292 e. The van der Waals surface area contributed by atoms with Crippen LogP contribution in [0.1, 0.15) is 26.7 Å². The van der Waals surface area contributed by atoms with Crippen molar-refractivity contribution >= 4 is 0 Å². The number of hydrogen-bond donors (Lipinski definition) is 2. The molecule has 0 saturated carbocycles. The van der Waals surface area contributed by atoms with Crippen molar-refractivity contribution in [2.45, 2.75) is 26.7 Å². The first-order valence-electron chi connectivity index (χ1n) is 3.56. The first-order valence-corrected chi connectivity index (χ1v) is 3.56. The third-order valence-electron chi connectivity index (χ3n) is 1.28. The fraction of sp³-hybridized carbons (Fsp3) is 0.500. The fourth-order valence-corrected chi connectivity index (χ4v) is 0.757. The summed E-state index contributed by atoms with van der Waals surface area (Å²) in [7, 11) is 0. The molecular formula is C8H15NO. The number of rotatable bonds is 4. The van der Waals surface area contributed by atoms with Crippen molar-refractivity contribution in [2.24, 2.45) is 0 Å². The van der Waals surface area contributed by atoms with E-state index in [0.717, 1.165) is 12.8 Å². The molecule has 0 aliphatic carbocycles. The number of hydroxylamine groups is 1. The minimum atomic E-state index is 1.06. The van der Waals surface area contributed by atoms with Gasteiger partial charge in [-0.05, 0) is 19.4 Å². The van der Waals surface area contributed by atoms with Crippen LogP contribution in [-0.2, 0) is 0 Å². The molecule has 0 fully saturated rings. The van der Waals surface area contributed by atoms with Gasteiger partial charge < -0.3 is 0 Å². The highest BCUT2D eigenvalue weighted by Crippen LogP contribution is 2.04. The smallest absolute Gasteiger partial charge is 0.0243 e. The van der Waals surface area contributed by atoms with Crippen LogP contribution in [0, 0.1) is 0 Å². The van der Waals surface area contributed by atoms with E-state index in [-0.39, 0.29) is 0 Å². The summed E-state index contributed by atoms with van der Waals surface area (Å²) < 4.78 is 0. The van der Waals surface area contributed by atoms with Crippen LogP contribution in [0.15, 0.2) is 23.9 Å². The summed E-state index contributed by atoms with van der Waals surface area (Å²) in [6.07, 6.45) is 7.62. The molecule has 0 unspecified atom stereocenters. The van der Waals surface area contributed by atoms with E-state index in [4.69, 9.17) is 5.21 Å². The van der Waals surface area contributed by atoms with Crippen LogP contribution in [0.5, 0.6) is 0 Å². The van der Waals surface area contributed by atoms with Crippen LogP contribution >= 0.6 is 0 Å². The Morgan fingerprint density at radius 2 is 2.30 bits per heavy atom. The Balaban J connectivity index is 3.72. The Bertz CT molecular complexity index is 127. The van der Waals surface area contributed by atoms with Gasteiger partial charge in [0.25, 0.3) is 0 Å². The third kappa shape index (κ3) is 4.15. The Morgan fingerprint density at radius 1 is 1.60 bits per heavy atom. The standard InChI is InChI=1S/C8H15NO/c1-3-5-8(4-2)6-7-9-10/h4,6-7,9-10H,3,5H2,1-2H3/b7-6-,8-4-. The zero-order valence-electron chi connectivity index (χ0n) is 6.59. The first kappa shape index (κ1) is 9.24. The third-order valence-corrected chi connectivity index (χ3v) is 1.28. The predicted octanol–water partition coefficient (Wildman–Crippen LogP) is 2.23. The first-order chi connectivity index (χ1) is 4.85. The monoisotopic (exact) mass is 141 g/mol. The SMILES string of the molecule is C/C=C(\C=C/NO)CCC. The average Bonchev–Trinajstić information content (AvgIpc) is 1.98. The van der Waals surface area contributed by atoms with Crippen molar-refractivity contribution in [1.82, 2.24) is 5.48 Å². The van der Waals surface area contributed by atoms with E-state index in [1.165, 1.54) is 11.8 Å². The van der Waals surface area contributed by atoms with Crippen LogP contribution in [0.2, 0.25) is 0 Å². The number of nitrogens with one attached hydrogen (secondary N) is 1. The van der Waals surface area contributed by atoms with Crippen LogP contribution in [-0.4, -0.2) is 5.21 Å². The van der Waals surface area contributed by atoms with Crippen molar-refractivity contribution in [1.29, 1.82) is 0 Å². The topological polar surface area (TPSA) is 32.3 Å². The molecule has 0 aromatic carbocycles. The molecule has 0 bridgehead atoms. The molecule has 0 heterocycles. The second kappa shape index (κ2) is 6.36. The Labute approximate surface area is 62.2 Å². The Morgan fingerprint density at radius 3 is 2.70 bits per heavy atom. The predicted molar refractivity (Wildman–Crippen MR) is 42.7 cm³/mol. The summed E-state index contributed by atoms with van der Waals surface area (Å²) in [5, 5.41) is 8.21. The molecule has 0 spiro atoms. The van der Waals surface area contributed by atoms with Gasteiger partial charge >= 0.3 is 0 Å². The second-order valence-corrected chi connectivity index (χ2v) is 2.08. The van der Waals surface area contributed by atoms with E-state index in [1.54, 1.807) is 0 Å². The molecule has 0 aliphatic heterocycles. The average molecular weight is 141 g/mol. The van der Waals surface area contributed by atoms with Crippen molar-refractivity contribution in [3.63, 3.8) is 0 Å². The number of hydrogen-bond acceptors (Lipinski definition) is 2. The lowest BCUT2D eigenvalue weighted by Gasteiger charge is -1.95. The van der Waals surface area contributed by atoms with Crippen LogP contribution in [0.4, 0.5) is 0 Å². The molecule has 58 valence electrons. The summed E-state index contributed by atoms with van der Waals surface area (Å²) in [5.41, 5.74) is 3.21. The largest absolute Gasteiger partial charge is 0.292 e. The summed E-state index contributed by atoms with van der Waals surface area (Å²) in [6, 6.07) is 0. The summed E-state index contributed by atoms with van der Waals surface area (Å²) in [5.74, 6) is 0. The van der Waals surface area contributed by atoms with E-state index >= 15 is 0 Å². The van der Waals surface area contributed by atoms with Crippen molar-refractivity contribution in [2.75, 3.05) is 0 Å². The van der Waals surface area contributed by atoms with Gasteiger partial charge in [0, 0.05) is 6.20 Å². The lowest BCUT2D eigenvalue weighted by atomic mass is 10.1. The van der Waals surface area contributed by atoms with Gasteiger partial charge in [0.15, 0.2) is 0 Å². The highest BCUT2D eigenvalue weighted by atomic mass is 16.5. The van der Waals surface area contributed by atoms with Crippen molar-refractivity contribution in [3.05, 3.63) is 23.9 Å². The maximum atomic E-state index is 8.21. The van der Waals surface area contributed by atoms with Gasteiger partial charge in [0.1, 0.15) is 0 Å². The van der Waals surface area contributed by atoms with E-state index < -0.39 is 0 Å². The molecule has 0 rings (SSSR count). The van der Waals surface area contributed by atoms with Crippen LogP contribution in [0.3, 0.4) is 0 Å². The molecule has 0 radical (unpaired) electrons. The quantitative estimate of drug-likeness (QED) is 0.465. The normalized spacial score (nSPS) is 12.5. The van der Waals surface area contributed by atoms with Gasteiger partial charge in [0.2, 0.25) is 0 Å².